The smallest absolute Gasteiger partial charge is 0.310 e. The maximum absolute atomic E-state index is 13.3. The fourth-order valence-electron chi connectivity index (χ4n) is 4.66. The number of hydrogen-bond donors (Lipinski definition) is 2. The van der Waals surface area contributed by atoms with Crippen molar-refractivity contribution in [2.24, 2.45) is 11.8 Å². The summed E-state index contributed by atoms with van der Waals surface area (Å²) in [5, 5.41) is 10.2. The van der Waals surface area contributed by atoms with Crippen LogP contribution in [0.3, 0.4) is 0 Å². The van der Waals surface area contributed by atoms with Crippen LogP contribution >= 0.6 is 12.6 Å². The lowest BCUT2D eigenvalue weighted by Crippen LogP contribution is -2.49. The van der Waals surface area contributed by atoms with E-state index in [9.17, 15) is 9.90 Å². The summed E-state index contributed by atoms with van der Waals surface area (Å²) in [5.41, 5.74) is 3.13. The molecule has 0 saturated heterocycles. The number of hydrogen-bond acceptors (Lipinski definition) is 4. The lowest BCUT2D eigenvalue weighted by molar-refractivity contribution is -0.163. The third-order valence-electron chi connectivity index (χ3n) is 6.11. The summed E-state index contributed by atoms with van der Waals surface area (Å²) in [6.07, 6.45) is 1.38. The number of benzene rings is 3. The Labute approximate surface area is 205 Å². The van der Waals surface area contributed by atoms with Crippen LogP contribution in [0.5, 0.6) is 0 Å². The van der Waals surface area contributed by atoms with Crippen LogP contribution in [-0.2, 0) is 9.53 Å². The summed E-state index contributed by atoms with van der Waals surface area (Å²) in [6.45, 7) is 3.45. The van der Waals surface area contributed by atoms with E-state index in [1.807, 2.05) is 97.9 Å². The van der Waals surface area contributed by atoms with Gasteiger partial charge in [0.1, 0.15) is 6.10 Å². The van der Waals surface area contributed by atoms with Gasteiger partial charge < -0.3 is 9.84 Å². The topological polar surface area (TPSA) is 46.5 Å². The largest absolute Gasteiger partial charge is 0.458 e. The van der Waals surface area contributed by atoms with Gasteiger partial charge in [0.05, 0.1) is 13.8 Å². The highest BCUT2D eigenvalue weighted by atomic mass is 32.1. The van der Waals surface area contributed by atoms with Crippen molar-refractivity contribution in [2.75, 3.05) is 12.9 Å². The van der Waals surface area contributed by atoms with Crippen molar-refractivity contribution in [2.45, 2.75) is 31.7 Å². The molecule has 0 bridgehead atoms. The summed E-state index contributed by atoms with van der Waals surface area (Å²) in [7, 11) is 4.50. The Morgan fingerprint density at radius 2 is 1.24 bits per heavy atom. The molecule has 33 heavy (non-hydrogen) atoms. The van der Waals surface area contributed by atoms with Gasteiger partial charge in [-0.15, -0.1) is 0 Å². The lowest BCUT2D eigenvalue weighted by atomic mass is 9.53. The Bertz CT molecular complexity index is 890. The Morgan fingerprint density at radius 3 is 1.64 bits per heavy atom. The summed E-state index contributed by atoms with van der Waals surface area (Å²) < 4.78 is 5.92. The number of esters is 1. The summed E-state index contributed by atoms with van der Waals surface area (Å²) >= 11 is 3.53. The molecule has 3 aromatic carbocycles. The average molecular weight is 460 g/mol. The Hall–Kier alpha value is -2.50. The van der Waals surface area contributed by atoms with E-state index in [4.69, 9.17) is 4.74 Å². The highest BCUT2D eigenvalue weighted by Crippen LogP contribution is 2.57. The van der Waals surface area contributed by atoms with Crippen LogP contribution in [0, 0.1) is 11.8 Å². The van der Waals surface area contributed by atoms with Crippen molar-refractivity contribution in [1.29, 1.82) is 0 Å². The van der Waals surface area contributed by atoms with Gasteiger partial charge in [-0.25, -0.2) is 0 Å². The second-order valence-electron chi connectivity index (χ2n) is 7.73. The molecule has 0 heterocycles. The molecule has 1 aliphatic rings. The SMILES string of the molecule is CS.C[C@H](OC(=O)C1[C@H](c2ccccc2)C(CO)[C@H]1c1ccccc1)c1ccccc1.[B]C. The molecule has 0 unspecified atom stereocenters. The molecule has 172 valence electrons. The van der Waals surface area contributed by atoms with E-state index >= 15 is 0 Å². The maximum atomic E-state index is 13.3. The van der Waals surface area contributed by atoms with Crippen molar-refractivity contribution < 1.29 is 14.6 Å². The predicted octanol–water partition coefficient (Wildman–Crippen LogP) is 5.85. The Kier molecular flexibility index (Phi) is 11.3. The van der Waals surface area contributed by atoms with Crippen molar-refractivity contribution in [1.82, 2.24) is 0 Å². The first-order valence-corrected chi connectivity index (χ1v) is 12.1. The van der Waals surface area contributed by atoms with Crippen molar-refractivity contribution in [3.63, 3.8) is 0 Å². The van der Waals surface area contributed by atoms with Crippen molar-refractivity contribution in [3.05, 3.63) is 108 Å². The first-order valence-electron chi connectivity index (χ1n) is 11.2. The zero-order chi connectivity index (χ0) is 24.2. The molecule has 0 aliphatic heterocycles. The van der Waals surface area contributed by atoms with Crippen LogP contribution in [0.1, 0.15) is 41.6 Å². The molecule has 4 rings (SSSR count). The van der Waals surface area contributed by atoms with Gasteiger partial charge in [0.15, 0.2) is 0 Å². The van der Waals surface area contributed by atoms with E-state index < -0.39 is 0 Å². The van der Waals surface area contributed by atoms with Crippen LogP contribution in [0.2, 0.25) is 6.82 Å². The fraction of sp³-hybridized carbons (Fsp3) is 0.321. The number of thiol groups is 1. The zero-order valence-electron chi connectivity index (χ0n) is 19.5. The van der Waals surface area contributed by atoms with Crippen LogP contribution in [0.4, 0.5) is 0 Å². The quantitative estimate of drug-likeness (QED) is 0.276. The van der Waals surface area contributed by atoms with Crippen molar-refractivity contribution in [3.8, 4) is 0 Å². The highest BCUT2D eigenvalue weighted by Gasteiger charge is 2.55. The molecule has 3 aromatic rings. The first-order chi connectivity index (χ1) is 16.2. The minimum absolute atomic E-state index is 0.00983. The van der Waals surface area contributed by atoms with Gasteiger partial charge in [0.2, 0.25) is 0 Å². The number of carbonyl (C=O) groups is 1. The normalized spacial score (nSPS) is 21.7. The van der Waals surface area contributed by atoms with E-state index in [-0.39, 0.29) is 42.4 Å². The monoisotopic (exact) mass is 460 g/mol. The number of rotatable bonds is 6. The summed E-state index contributed by atoms with van der Waals surface area (Å²) in [4.78, 5) is 13.3. The van der Waals surface area contributed by atoms with Crippen molar-refractivity contribution >= 4 is 26.4 Å². The molecule has 0 amide bonds. The van der Waals surface area contributed by atoms with Gasteiger partial charge in [0, 0.05) is 18.4 Å². The Morgan fingerprint density at radius 1 is 0.848 bits per heavy atom. The number of aliphatic hydroxyl groups is 1. The molecule has 0 aromatic heterocycles. The van der Waals surface area contributed by atoms with Crippen LogP contribution in [0.15, 0.2) is 91.0 Å². The molecular weight excluding hydrogens is 427 g/mol. The van der Waals surface area contributed by atoms with Crippen LogP contribution in [0.25, 0.3) is 0 Å². The fourth-order valence-corrected chi connectivity index (χ4v) is 4.66. The predicted molar refractivity (Wildman–Crippen MR) is 140 cm³/mol. The number of aliphatic hydroxyl groups excluding tert-OH is 1. The molecule has 1 saturated carbocycles. The second-order valence-corrected chi connectivity index (χ2v) is 7.73. The molecule has 3 atom stereocenters. The summed E-state index contributed by atoms with van der Waals surface area (Å²) in [6, 6.07) is 29.8. The number of ether oxygens (including phenoxy) is 1. The van der Waals surface area contributed by atoms with Crippen LogP contribution < -0.4 is 0 Å². The third kappa shape index (κ3) is 6.30. The van der Waals surface area contributed by atoms with E-state index in [2.05, 4.69) is 20.5 Å². The molecule has 1 fully saturated rings. The average Bonchev–Trinajstić information content (AvgIpc) is 2.88. The lowest BCUT2D eigenvalue weighted by Gasteiger charge is -2.50. The Balaban J connectivity index is 0.000000914. The van der Waals surface area contributed by atoms with Gasteiger partial charge in [-0.1, -0.05) is 97.8 Å². The number of carbonyl (C=O) groups excluding carboxylic acids is 1. The molecular formula is C28H33BO3S. The van der Waals surface area contributed by atoms with E-state index in [0.29, 0.717) is 0 Å². The van der Waals surface area contributed by atoms with Gasteiger partial charge in [-0.3, -0.25) is 4.79 Å². The minimum Gasteiger partial charge on any atom is -0.458 e. The van der Waals surface area contributed by atoms with E-state index in [1.54, 1.807) is 6.26 Å². The maximum Gasteiger partial charge on any atom is 0.310 e. The van der Waals surface area contributed by atoms with Gasteiger partial charge in [0.25, 0.3) is 0 Å². The van der Waals surface area contributed by atoms with E-state index in [1.165, 1.54) is 6.82 Å². The molecule has 1 aliphatic carbocycles. The minimum atomic E-state index is -0.317. The molecule has 0 spiro atoms. The summed E-state index contributed by atoms with van der Waals surface area (Å²) in [5.74, 6) is -0.634. The van der Waals surface area contributed by atoms with Crippen LogP contribution in [-0.4, -0.2) is 31.8 Å². The standard InChI is InChI=1S/C26H26O3.CH3B.CH4S/c1-18(19-11-5-2-6-12-19)29-26(28)25-23(20-13-7-3-8-14-20)22(17-27)24(25)21-15-9-4-10-16-21;2*1-2/h2-16,18,22-25,27H,17H2,1H3;1H3;2H,1H3/t18-,22?,23+,24+,25?;;/m0../s1. The van der Waals surface area contributed by atoms with E-state index in [0.717, 1.165) is 16.7 Å². The molecule has 1 N–H and O–H groups in total. The molecule has 5 heteroatoms. The van der Waals surface area contributed by atoms with Gasteiger partial charge in [-0.2, -0.15) is 12.6 Å². The molecule has 3 nitrogen and oxygen atoms in total. The van der Waals surface area contributed by atoms with Gasteiger partial charge >= 0.3 is 5.97 Å². The van der Waals surface area contributed by atoms with Gasteiger partial charge in [-0.05, 0) is 35.8 Å². The third-order valence-corrected chi connectivity index (χ3v) is 6.11. The second kappa shape index (κ2) is 13.9. The molecule has 2 radical (unpaired) electrons. The zero-order valence-corrected chi connectivity index (χ0v) is 20.4. The highest BCUT2D eigenvalue weighted by molar-refractivity contribution is 7.79. The first kappa shape index (κ1) is 26.8.